The molecule has 1 rings (SSSR count). The molecule has 1 N–H and O–H groups in total. The van der Waals surface area contributed by atoms with Gasteiger partial charge >= 0.3 is 11.7 Å². The van der Waals surface area contributed by atoms with Crippen LogP contribution in [0.3, 0.4) is 0 Å². The first-order chi connectivity index (χ1) is 8.84. The highest BCUT2D eigenvalue weighted by Crippen LogP contribution is 2.31. The molecule has 0 fully saturated rings. The van der Waals surface area contributed by atoms with Gasteiger partial charge in [-0.05, 0) is 24.5 Å². The van der Waals surface area contributed by atoms with Crippen molar-refractivity contribution >= 4 is 17.3 Å². The molecule has 6 nitrogen and oxygen atoms in total. The number of hydrogen-bond donors (Lipinski definition) is 1. The molecule has 0 unspecified atom stereocenters. The molecule has 0 amide bonds. The predicted molar refractivity (Wildman–Crippen MR) is 72.8 cm³/mol. The molecular formula is C13H18N2O4. The lowest BCUT2D eigenvalue weighted by Gasteiger charge is -2.20. The van der Waals surface area contributed by atoms with Crippen LogP contribution in [0.25, 0.3) is 0 Å². The second kappa shape index (κ2) is 6.17. The minimum absolute atomic E-state index is 0.279. The van der Waals surface area contributed by atoms with Crippen LogP contribution in [0.1, 0.15) is 30.6 Å². The van der Waals surface area contributed by atoms with Gasteiger partial charge in [-0.25, -0.2) is 4.79 Å². The lowest BCUT2D eigenvalue weighted by atomic mass is 10.1. The summed E-state index contributed by atoms with van der Waals surface area (Å²) < 4.78 is 0. The largest absolute Gasteiger partial charge is 0.477 e. The molecule has 0 saturated carbocycles. The summed E-state index contributed by atoms with van der Waals surface area (Å²) in [4.78, 5) is 23.2. The predicted octanol–water partition coefficient (Wildman–Crippen LogP) is 2.78. The summed E-state index contributed by atoms with van der Waals surface area (Å²) in [5.74, 6) is -0.810. The van der Waals surface area contributed by atoms with Crippen molar-refractivity contribution in [2.45, 2.75) is 20.3 Å². The van der Waals surface area contributed by atoms with Crippen molar-refractivity contribution in [2.75, 3.05) is 18.5 Å². The van der Waals surface area contributed by atoms with Gasteiger partial charge in [-0.3, -0.25) is 10.1 Å². The number of carboxylic acids is 1. The molecule has 1 aromatic carbocycles. The van der Waals surface area contributed by atoms with Crippen LogP contribution in [0, 0.1) is 16.0 Å². The van der Waals surface area contributed by atoms with Gasteiger partial charge in [-0.15, -0.1) is 0 Å². The van der Waals surface area contributed by atoms with E-state index in [1.165, 1.54) is 12.1 Å². The molecule has 0 aliphatic carbocycles. The van der Waals surface area contributed by atoms with E-state index in [1.54, 1.807) is 18.0 Å². The monoisotopic (exact) mass is 266 g/mol. The van der Waals surface area contributed by atoms with Crippen molar-refractivity contribution in [1.29, 1.82) is 0 Å². The minimum atomic E-state index is -1.29. The van der Waals surface area contributed by atoms with Gasteiger partial charge in [0.05, 0.1) is 4.92 Å². The van der Waals surface area contributed by atoms with Crippen molar-refractivity contribution in [3.63, 3.8) is 0 Å². The van der Waals surface area contributed by atoms with Gasteiger partial charge in [0.15, 0.2) is 0 Å². The van der Waals surface area contributed by atoms with Crippen LogP contribution in [0.2, 0.25) is 0 Å². The van der Waals surface area contributed by atoms with Gasteiger partial charge in [-0.1, -0.05) is 19.9 Å². The van der Waals surface area contributed by atoms with E-state index in [1.807, 2.05) is 0 Å². The number of hydrogen-bond acceptors (Lipinski definition) is 4. The van der Waals surface area contributed by atoms with Crippen molar-refractivity contribution in [3.05, 3.63) is 33.9 Å². The van der Waals surface area contributed by atoms with Crippen LogP contribution in [0.15, 0.2) is 18.2 Å². The van der Waals surface area contributed by atoms with Crippen LogP contribution < -0.4 is 4.90 Å². The van der Waals surface area contributed by atoms with E-state index < -0.39 is 10.9 Å². The zero-order valence-corrected chi connectivity index (χ0v) is 11.3. The number of rotatable bonds is 6. The van der Waals surface area contributed by atoms with Crippen molar-refractivity contribution < 1.29 is 14.8 Å². The molecule has 0 heterocycles. The van der Waals surface area contributed by atoms with Crippen LogP contribution in [-0.2, 0) is 0 Å². The third kappa shape index (κ3) is 3.67. The molecule has 0 aliphatic heterocycles. The Morgan fingerprint density at radius 1 is 1.47 bits per heavy atom. The zero-order valence-electron chi connectivity index (χ0n) is 11.3. The SMILES string of the molecule is CC(C)CCN(C)c1cccc(C(=O)O)c1[N+](=O)[O-]. The second-order valence-corrected chi connectivity index (χ2v) is 4.84. The number of para-hydroxylation sites is 1. The number of nitrogens with zero attached hydrogens (tertiary/aromatic N) is 2. The number of aromatic carboxylic acids is 1. The fourth-order valence-corrected chi connectivity index (χ4v) is 1.78. The molecule has 0 saturated heterocycles. The maximum absolute atomic E-state index is 11.1. The molecule has 0 radical (unpaired) electrons. The van der Waals surface area contributed by atoms with E-state index in [4.69, 9.17) is 5.11 Å². The summed E-state index contributed by atoms with van der Waals surface area (Å²) in [6, 6.07) is 4.35. The molecule has 19 heavy (non-hydrogen) atoms. The maximum atomic E-state index is 11.1. The van der Waals surface area contributed by atoms with Crippen molar-refractivity contribution in [1.82, 2.24) is 0 Å². The number of nitro groups is 1. The molecule has 0 aliphatic rings. The van der Waals surface area contributed by atoms with Gasteiger partial charge in [0.25, 0.3) is 0 Å². The van der Waals surface area contributed by atoms with Crippen molar-refractivity contribution in [2.24, 2.45) is 5.92 Å². The summed E-state index contributed by atoms with van der Waals surface area (Å²) in [6.45, 7) is 4.77. The first-order valence-corrected chi connectivity index (χ1v) is 6.06. The van der Waals surface area contributed by atoms with Gasteiger partial charge < -0.3 is 10.0 Å². The van der Waals surface area contributed by atoms with Gasteiger partial charge in [0.2, 0.25) is 0 Å². The third-order valence-corrected chi connectivity index (χ3v) is 2.88. The molecule has 104 valence electrons. The molecule has 0 spiro atoms. The topological polar surface area (TPSA) is 83.7 Å². The number of carbonyl (C=O) groups is 1. The van der Waals surface area contributed by atoms with E-state index in [0.717, 1.165) is 6.42 Å². The van der Waals surface area contributed by atoms with Gasteiger partial charge in [0.1, 0.15) is 11.3 Å². The van der Waals surface area contributed by atoms with E-state index in [9.17, 15) is 14.9 Å². The number of nitro benzene ring substituents is 1. The van der Waals surface area contributed by atoms with Gasteiger partial charge in [-0.2, -0.15) is 0 Å². The van der Waals surface area contributed by atoms with Crippen LogP contribution in [-0.4, -0.2) is 29.6 Å². The maximum Gasteiger partial charge on any atom is 0.342 e. The molecule has 0 atom stereocenters. The van der Waals surface area contributed by atoms with Crippen LogP contribution in [0.4, 0.5) is 11.4 Å². The Morgan fingerprint density at radius 3 is 2.58 bits per heavy atom. The van der Waals surface area contributed by atoms with Crippen LogP contribution >= 0.6 is 0 Å². The lowest BCUT2D eigenvalue weighted by Crippen LogP contribution is -2.21. The molecule has 1 aromatic rings. The first kappa shape index (κ1) is 14.9. The fourth-order valence-electron chi connectivity index (χ4n) is 1.78. The van der Waals surface area contributed by atoms with Gasteiger partial charge in [0, 0.05) is 13.6 Å². The zero-order chi connectivity index (χ0) is 14.6. The van der Waals surface area contributed by atoms with E-state index in [0.29, 0.717) is 18.2 Å². The second-order valence-electron chi connectivity index (χ2n) is 4.84. The number of carboxylic acid groups (broad SMARTS) is 1. The standard InChI is InChI=1S/C13H18N2O4/c1-9(2)7-8-14(3)11-6-4-5-10(13(16)17)12(11)15(18)19/h4-6,9H,7-8H2,1-3H3,(H,16,17). The highest BCUT2D eigenvalue weighted by molar-refractivity contribution is 5.95. The van der Waals surface area contributed by atoms with E-state index in [-0.39, 0.29) is 11.3 Å². The summed E-state index contributed by atoms with van der Waals surface area (Å²) in [5, 5.41) is 20.1. The fraction of sp³-hybridized carbons (Fsp3) is 0.462. The highest BCUT2D eigenvalue weighted by atomic mass is 16.6. The average Bonchev–Trinajstić information content (AvgIpc) is 2.34. The minimum Gasteiger partial charge on any atom is -0.477 e. The Morgan fingerprint density at radius 2 is 2.11 bits per heavy atom. The Bertz CT molecular complexity index is 486. The Kier molecular flexibility index (Phi) is 4.86. The number of anilines is 1. The van der Waals surface area contributed by atoms with E-state index >= 15 is 0 Å². The molecule has 6 heteroatoms. The third-order valence-electron chi connectivity index (χ3n) is 2.88. The summed E-state index contributed by atoms with van der Waals surface area (Å²) in [6.07, 6.45) is 0.880. The van der Waals surface area contributed by atoms with E-state index in [2.05, 4.69) is 13.8 Å². The Balaban J connectivity index is 3.16. The normalized spacial score (nSPS) is 10.5. The molecule has 0 aromatic heterocycles. The summed E-state index contributed by atoms with van der Waals surface area (Å²) >= 11 is 0. The van der Waals surface area contributed by atoms with Crippen molar-refractivity contribution in [3.8, 4) is 0 Å². The highest BCUT2D eigenvalue weighted by Gasteiger charge is 2.25. The summed E-state index contributed by atoms with van der Waals surface area (Å²) in [5.41, 5.74) is -0.286. The summed E-state index contributed by atoms with van der Waals surface area (Å²) in [7, 11) is 1.73. The number of benzene rings is 1. The lowest BCUT2D eigenvalue weighted by molar-refractivity contribution is -0.384. The average molecular weight is 266 g/mol. The van der Waals surface area contributed by atoms with Crippen LogP contribution in [0.5, 0.6) is 0 Å². The molecule has 0 bridgehead atoms. The smallest absolute Gasteiger partial charge is 0.342 e. The first-order valence-electron chi connectivity index (χ1n) is 6.06. The Hall–Kier alpha value is -2.11. The molecular weight excluding hydrogens is 248 g/mol. The quantitative estimate of drug-likeness (QED) is 0.632. The Labute approximate surface area is 111 Å².